The Labute approximate surface area is 440 Å². The largest absolute Gasteiger partial charge is 0.485 e. The molecule has 8 aromatic carbocycles. The fourth-order valence-corrected chi connectivity index (χ4v) is 8.10. The Kier molecular flexibility index (Phi) is 18.1. The van der Waals surface area contributed by atoms with Gasteiger partial charge in [0, 0.05) is 0 Å². The van der Waals surface area contributed by atoms with Gasteiger partial charge in [-0.2, -0.15) is 0 Å². The molecule has 76 heavy (non-hydrogen) atoms. The van der Waals surface area contributed by atoms with E-state index >= 15 is 9.59 Å². The molecule has 0 aliphatic carbocycles. The van der Waals surface area contributed by atoms with Gasteiger partial charge in [0.25, 0.3) is 11.2 Å². The lowest BCUT2D eigenvalue weighted by molar-refractivity contribution is -0.227. The van der Waals surface area contributed by atoms with Gasteiger partial charge in [-0.05, 0) is 80.9 Å². The average molecular weight is 1020 g/mol. The van der Waals surface area contributed by atoms with Gasteiger partial charge in [0.2, 0.25) is 11.6 Å². The molecule has 0 heterocycles. The number of carboxylic acids is 2. The average Bonchev–Trinajstić information content (AvgIpc) is 3.50. The highest BCUT2D eigenvalue weighted by Crippen LogP contribution is 2.39. The number of rotatable bonds is 27. The molecule has 2 atom stereocenters. The van der Waals surface area contributed by atoms with E-state index in [1.165, 1.54) is 12.2 Å². The van der Waals surface area contributed by atoms with Crippen molar-refractivity contribution in [1.29, 1.82) is 0 Å². The Balaban J connectivity index is 1.19. The Morgan fingerprint density at radius 3 is 0.842 bits per heavy atom. The lowest BCUT2D eigenvalue weighted by atomic mass is 9.75. The Bertz CT molecular complexity index is 3020. The third-order valence-corrected chi connectivity index (χ3v) is 12.1. The van der Waals surface area contributed by atoms with E-state index in [2.05, 4.69) is 0 Å². The second kappa shape index (κ2) is 26.0. The number of aliphatic carboxylic acids is 2. The monoisotopic (exact) mass is 1010 g/mol. The van der Waals surface area contributed by atoms with Crippen molar-refractivity contribution in [2.24, 2.45) is 0 Å². The summed E-state index contributed by atoms with van der Waals surface area (Å²) < 4.78 is 37.2. The van der Waals surface area contributed by atoms with Crippen LogP contribution in [0.4, 0.5) is 0 Å². The van der Waals surface area contributed by atoms with Crippen molar-refractivity contribution < 1.29 is 57.8 Å². The Hall–Kier alpha value is -9.36. The van der Waals surface area contributed by atoms with Crippen LogP contribution >= 0.6 is 0 Å². The zero-order valence-corrected chi connectivity index (χ0v) is 41.3. The molecule has 2 unspecified atom stereocenters. The van der Waals surface area contributed by atoms with Crippen LogP contribution in [0.2, 0.25) is 0 Å². The molecule has 0 aliphatic rings. The zero-order chi connectivity index (χ0) is 53.0. The molecule has 0 radical (unpaired) electrons. The minimum Gasteiger partial charge on any atom is -0.485 e. The summed E-state index contributed by atoms with van der Waals surface area (Å²) in [6.45, 7) is -0.482. The van der Waals surface area contributed by atoms with Gasteiger partial charge in [0.1, 0.15) is 26.4 Å². The SMILES string of the molecule is O=C(O)C(OCc1ccccc1)(C(=O)C=Cc1ccc(OCc2ccccc2)c(OCc2ccccc2)c1)C(OCc1ccccc1)(C(=O)O)C(=O)C=Cc1ccc(OCc2ccccc2)c(OCc2ccccc2)c1. The Morgan fingerprint density at radius 2 is 0.579 bits per heavy atom. The molecular formula is C64H54O12. The smallest absolute Gasteiger partial charge is 0.348 e. The van der Waals surface area contributed by atoms with E-state index in [9.17, 15) is 19.8 Å². The number of carboxylic acid groups (broad SMARTS) is 2. The van der Waals surface area contributed by atoms with Gasteiger partial charge >= 0.3 is 11.9 Å². The van der Waals surface area contributed by atoms with Crippen molar-refractivity contribution >= 4 is 35.7 Å². The van der Waals surface area contributed by atoms with Crippen LogP contribution in [0.5, 0.6) is 23.0 Å². The molecule has 0 saturated carbocycles. The van der Waals surface area contributed by atoms with E-state index in [0.29, 0.717) is 45.3 Å². The van der Waals surface area contributed by atoms with Gasteiger partial charge in [-0.25, -0.2) is 9.59 Å². The van der Waals surface area contributed by atoms with Gasteiger partial charge in [0.05, 0.1) is 13.2 Å². The lowest BCUT2D eigenvalue weighted by Crippen LogP contribution is -2.73. The molecule has 0 bridgehead atoms. The van der Waals surface area contributed by atoms with E-state index in [1.807, 2.05) is 121 Å². The standard InChI is InChI=1S/C64H54O12/c65-59(37-33-47-31-35-55(71-41-49-19-7-1-8-20-49)57(39-47)73-43-51-23-11-3-12-24-51)63(61(67)68,75-45-53-27-15-5-16-28-53)64(62(69)70,76-46-54-29-17-6-18-30-54)60(66)38-34-48-32-36-56(72-42-50-21-9-2-10-22-50)58(40-48)74-44-52-25-13-4-14-26-52/h1-40H,41-46H2,(H,67,68)(H,69,70). The van der Waals surface area contributed by atoms with Gasteiger partial charge in [-0.3, -0.25) is 9.59 Å². The fraction of sp³-hybridized carbons (Fsp3) is 0.125. The third kappa shape index (κ3) is 13.4. The summed E-state index contributed by atoms with van der Waals surface area (Å²) in [6, 6.07) is 64.2. The molecule has 0 spiro atoms. The highest BCUT2D eigenvalue weighted by atomic mass is 16.6. The van der Waals surface area contributed by atoms with Crippen molar-refractivity contribution in [3.8, 4) is 23.0 Å². The number of hydrogen-bond acceptors (Lipinski definition) is 10. The number of carbonyl (C=O) groups excluding carboxylic acids is 2. The molecule has 12 nitrogen and oxygen atoms in total. The topological polar surface area (TPSA) is 164 Å². The summed E-state index contributed by atoms with van der Waals surface area (Å²) in [5, 5.41) is 23.0. The highest BCUT2D eigenvalue weighted by molar-refractivity contribution is 6.27. The summed E-state index contributed by atoms with van der Waals surface area (Å²) in [5.74, 6) is -5.65. The predicted molar refractivity (Wildman–Crippen MR) is 287 cm³/mol. The number of hydrogen-bond donors (Lipinski definition) is 2. The first-order valence-corrected chi connectivity index (χ1v) is 24.4. The normalized spacial score (nSPS) is 12.8. The first-order chi connectivity index (χ1) is 37.1. The highest BCUT2D eigenvalue weighted by Gasteiger charge is 2.72. The van der Waals surface area contributed by atoms with Crippen LogP contribution in [0.25, 0.3) is 12.2 Å². The van der Waals surface area contributed by atoms with Crippen molar-refractivity contribution in [2.75, 3.05) is 0 Å². The van der Waals surface area contributed by atoms with Crippen molar-refractivity contribution in [3.63, 3.8) is 0 Å². The van der Waals surface area contributed by atoms with Gasteiger partial charge in [0.15, 0.2) is 23.0 Å². The van der Waals surface area contributed by atoms with E-state index < -0.39 is 47.9 Å². The van der Waals surface area contributed by atoms with Crippen LogP contribution in [-0.2, 0) is 68.3 Å². The van der Waals surface area contributed by atoms with Gasteiger partial charge < -0.3 is 38.6 Å². The van der Waals surface area contributed by atoms with E-state index in [0.717, 1.165) is 34.4 Å². The zero-order valence-electron chi connectivity index (χ0n) is 41.3. The predicted octanol–water partition coefficient (Wildman–Crippen LogP) is 11.9. The first kappa shape index (κ1) is 52.9. The molecule has 0 saturated heterocycles. The quantitative estimate of drug-likeness (QED) is 0.0371. The van der Waals surface area contributed by atoms with E-state index in [4.69, 9.17) is 28.4 Å². The van der Waals surface area contributed by atoms with Crippen LogP contribution in [0, 0.1) is 0 Å². The van der Waals surface area contributed by atoms with Gasteiger partial charge in [-0.15, -0.1) is 0 Å². The minimum atomic E-state index is -3.56. The molecule has 8 rings (SSSR count). The number of benzene rings is 8. The molecular weight excluding hydrogens is 961 g/mol. The second-order valence-electron chi connectivity index (χ2n) is 17.4. The third-order valence-electron chi connectivity index (χ3n) is 12.1. The minimum absolute atomic E-state index is 0.161. The molecule has 2 N–H and O–H groups in total. The molecule has 0 aliphatic heterocycles. The summed E-state index contributed by atoms with van der Waals surface area (Å²) in [7, 11) is 0. The van der Waals surface area contributed by atoms with Crippen LogP contribution in [0.3, 0.4) is 0 Å². The molecule has 382 valence electrons. The van der Waals surface area contributed by atoms with E-state index in [1.54, 1.807) is 97.1 Å². The first-order valence-electron chi connectivity index (χ1n) is 24.4. The van der Waals surface area contributed by atoms with Crippen LogP contribution in [0.15, 0.2) is 231 Å². The maximum absolute atomic E-state index is 15.2. The summed E-state index contributed by atoms with van der Waals surface area (Å²) >= 11 is 0. The number of ketones is 2. The van der Waals surface area contributed by atoms with Crippen molar-refractivity contribution in [1.82, 2.24) is 0 Å². The van der Waals surface area contributed by atoms with Crippen LogP contribution < -0.4 is 18.9 Å². The summed E-state index contributed by atoms with van der Waals surface area (Å²) in [5.41, 5.74) is -2.14. The fourth-order valence-electron chi connectivity index (χ4n) is 8.10. The maximum atomic E-state index is 15.2. The molecule has 0 aromatic heterocycles. The Morgan fingerprint density at radius 1 is 0.329 bits per heavy atom. The lowest BCUT2D eigenvalue weighted by Gasteiger charge is -2.40. The number of carbonyl (C=O) groups is 4. The summed E-state index contributed by atoms with van der Waals surface area (Å²) in [6.07, 6.45) is 4.30. The van der Waals surface area contributed by atoms with Crippen molar-refractivity contribution in [3.05, 3.63) is 275 Å². The van der Waals surface area contributed by atoms with Crippen LogP contribution in [-0.4, -0.2) is 44.9 Å². The molecule has 0 amide bonds. The molecule has 12 heteroatoms. The van der Waals surface area contributed by atoms with Gasteiger partial charge in [-0.1, -0.05) is 206 Å². The van der Waals surface area contributed by atoms with E-state index in [-0.39, 0.29) is 26.4 Å². The number of ether oxygens (including phenoxy) is 6. The van der Waals surface area contributed by atoms with Crippen molar-refractivity contribution in [2.45, 2.75) is 50.8 Å². The second-order valence-corrected chi connectivity index (χ2v) is 17.4. The molecule has 8 aromatic rings. The summed E-state index contributed by atoms with van der Waals surface area (Å²) in [4.78, 5) is 58.8. The molecule has 0 fully saturated rings. The van der Waals surface area contributed by atoms with Crippen LogP contribution in [0.1, 0.15) is 44.5 Å². The maximum Gasteiger partial charge on any atom is 0.348 e.